The van der Waals surface area contributed by atoms with Crippen LogP contribution in [0.4, 0.5) is 4.39 Å². The van der Waals surface area contributed by atoms with E-state index >= 15 is 4.39 Å². The summed E-state index contributed by atoms with van der Waals surface area (Å²) in [5.74, 6) is -0.300. The lowest BCUT2D eigenvalue weighted by Crippen LogP contribution is -2.38. The molecular weight excluding hydrogens is 399 g/mol. The van der Waals surface area contributed by atoms with E-state index in [4.69, 9.17) is 9.47 Å². The Kier molecular flexibility index (Phi) is 5.99. The van der Waals surface area contributed by atoms with E-state index in [1.165, 1.54) is 12.3 Å². The first-order valence-corrected chi connectivity index (χ1v) is 10.2. The third-order valence-corrected chi connectivity index (χ3v) is 5.47. The monoisotopic (exact) mass is 424 g/mol. The summed E-state index contributed by atoms with van der Waals surface area (Å²) >= 11 is 0. The minimum Gasteiger partial charge on any atom is -0.481 e. The van der Waals surface area contributed by atoms with Crippen LogP contribution in [0.1, 0.15) is 34.5 Å². The van der Waals surface area contributed by atoms with Gasteiger partial charge < -0.3 is 14.8 Å². The summed E-state index contributed by atoms with van der Waals surface area (Å²) in [5.41, 5.74) is 4.08. The number of H-pyrrole nitrogens is 1. The molecule has 3 heterocycles. The van der Waals surface area contributed by atoms with Crippen molar-refractivity contribution in [3.8, 4) is 28.3 Å². The molecule has 0 aliphatic carbocycles. The van der Waals surface area contributed by atoms with Crippen molar-refractivity contribution < 1.29 is 18.7 Å². The second-order valence-electron chi connectivity index (χ2n) is 7.68. The number of pyridine rings is 1. The van der Waals surface area contributed by atoms with Gasteiger partial charge in [-0.25, -0.2) is 9.37 Å². The van der Waals surface area contributed by atoms with Crippen LogP contribution in [0.15, 0.2) is 30.5 Å². The van der Waals surface area contributed by atoms with Crippen molar-refractivity contribution in [3.63, 3.8) is 0 Å². The van der Waals surface area contributed by atoms with Crippen LogP contribution in [0.3, 0.4) is 0 Å². The smallest absolute Gasteiger partial charge is 0.255 e. The fourth-order valence-electron chi connectivity index (χ4n) is 3.94. The van der Waals surface area contributed by atoms with Crippen LogP contribution in [-0.4, -0.2) is 47.5 Å². The Bertz CT molecular complexity index is 1110. The van der Waals surface area contributed by atoms with Gasteiger partial charge in [0.05, 0.1) is 24.6 Å². The second kappa shape index (κ2) is 8.85. The van der Waals surface area contributed by atoms with Crippen molar-refractivity contribution in [1.29, 1.82) is 0 Å². The minimum absolute atomic E-state index is 0.0423. The van der Waals surface area contributed by atoms with Crippen LogP contribution in [0.5, 0.6) is 5.88 Å². The first-order chi connectivity index (χ1) is 15.0. The molecule has 1 saturated heterocycles. The zero-order chi connectivity index (χ0) is 22.0. The molecule has 1 aromatic carbocycles. The zero-order valence-corrected chi connectivity index (χ0v) is 17.8. The first-order valence-electron chi connectivity index (χ1n) is 10.2. The van der Waals surface area contributed by atoms with E-state index in [1.807, 2.05) is 19.9 Å². The SMILES string of the molecule is COc1nc(C)cc(C)c1-c1ccc(-c2[nH]ncc2C(=O)NC2CCOCC2)c(F)c1. The van der Waals surface area contributed by atoms with E-state index in [2.05, 4.69) is 20.5 Å². The maximum atomic E-state index is 15.2. The molecule has 1 fully saturated rings. The summed E-state index contributed by atoms with van der Waals surface area (Å²) in [6.07, 6.45) is 2.94. The molecule has 2 N–H and O–H groups in total. The van der Waals surface area contributed by atoms with Gasteiger partial charge >= 0.3 is 0 Å². The Morgan fingerprint density at radius 1 is 1.26 bits per heavy atom. The summed E-state index contributed by atoms with van der Waals surface area (Å²) < 4.78 is 25.9. The van der Waals surface area contributed by atoms with Gasteiger partial charge in [-0.2, -0.15) is 5.10 Å². The number of rotatable bonds is 5. The van der Waals surface area contributed by atoms with Crippen molar-refractivity contribution in [2.24, 2.45) is 0 Å². The molecule has 0 saturated carbocycles. The number of hydrogen-bond acceptors (Lipinski definition) is 5. The molecule has 1 amide bonds. The maximum absolute atomic E-state index is 15.2. The highest BCUT2D eigenvalue weighted by atomic mass is 19.1. The number of aryl methyl sites for hydroxylation is 2. The largest absolute Gasteiger partial charge is 0.481 e. The summed E-state index contributed by atoms with van der Waals surface area (Å²) in [6.45, 7) is 5.06. The third-order valence-electron chi connectivity index (χ3n) is 5.47. The second-order valence-corrected chi connectivity index (χ2v) is 7.68. The van der Waals surface area contributed by atoms with Gasteiger partial charge in [0.15, 0.2) is 0 Å². The Balaban J connectivity index is 1.65. The summed E-state index contributed by atoms with van der Waals surface area (Å²) in [6, 6.07) is 6.83. The Morgan fingerprint density at radius 2 is 2.03 bits per heavy atom. The van der Waals surface area contributed by atoms with Crippen LogP contribution >= 0.6 is 0 Å². The van der Waals surface area contributed by atoms with Gasteiger partial charge in [-0.3, -0.25) is 9.89 Å². The molecule has 1 aliphatic heterocycles. The first kappa shape index (κ1) is 21.0. The highest BCUT2D eigenvalue weighted by Gasteiger charge is 2.23. The molecule has 0 spiro atoms. The van der Waals surface area contributed by atoms with E-state index in [0.29, 0.717) is 35.9 Å². The number of hydrogen-bond donors (Lipinski definition) is 2. The minimum atomic E-state index is -0.469. The highest BCUT2D eigenvalue weighted by Crippen LogP contribution is 2.35. The molecule has 4 rings (SSSR count). The van der Waals surface area contributed by atoms with Gasteiger partial charge in [-0.15, -0.1) is 0 Å². The number of carbonyl (C=O) groups excluding carboxylic acids is 1. The molecule has 162 valence electrons. The van der Waals surface area contributed by atoms with Crippen LogP contribution in [-0.2, 0) is 4.74 Å². The molecule has 8 heteroatoms. The number of nitrogens with zero attached hydrogens (tertiary/aromatic N) is 2. The van der Waals surface area contributed by atoms with Gasteiger partial charge in [0.1, 0.15) is 5.82 Å². The molecule has 2 aromatic heterocycles. The predicted molar refractivity (Wildman–Crippen MR) is 115 cm³/mol. The molecule has 0 unspecified atom stereocenters. The molecule has 1 aliphatic rings. The van der Waals surface area contributed by atoms with Gasteiger partial charge in [0, 0.05) is 36.1 Å². The topological polar surface area (TPSA) is 89.1 Å². The number of carbonyl (C=O) groups is 1. The fourth-order valence-corrected chi connectivity index (χ4v) is 3.94. The van der Waals surface area contributed by atoms with Crippen molar-refractivity contribution in [3.05, 3.63) is 53.1 Å². The summed E-state index contributed by atoms with van der Waals surface area (Å²) in [4.78, 5) is 17.2. The Hall–Kier alpha value is -3.26. The van der Waals surface area contributed by atoms with Gasteiger partial charge in [-0.1, -0.05) is 6.07 Å². The maximum Gasteiger partial charge on any atom is 0.255 e. The average Bonchev–Trinajstić information content (AvgIpc) is 3.23. The molecule has 0 radical (unpaired) electrons. The van der Waals surface area contributed by atoms with Crippen molar-refractivity contribution in [1.82, 2.24) is 20.5 Å². The number of methoxy groups -OCH3 is 1. The van der Waals surface area contributed by atoms with E-state index < -0.39 is 5.82 Å². The van der Waals surface area contributed by atoms with Crippen molar-refractivity contribution >= 4 is 5.91 Å². The number of amides is 1. The number of aromatic nitrogens is 3. The molecular formula is C23H25FN4O3. The molecule has 0 bridgehead atoms. The molecule has 0 atom stereocenters. The number of benzene rings is 1. The summed E-state index contributed by atoms with van der Waals surface area (Å²) in [5, 5.41) is 9.74. The number of halogens is 1. The van der Waals surface area contributed by atoms with E-state index in [-0.39, 0.29) is 17.5 Å². The third kappa shape index (κ3) is 4.29. The Morgan fingerprint density at radius 3 is 2.74 bits per heavy atom. The zero-order valence-electron chi connectivity index (χ0n) is 17.8. The van der Waals surface area contributed by atoms with E-state index in [9.17, 15) is 4.79 Å². The van der Waals surface area contributed by atoms with Crippen LogP contribution in [0, 0.1) is 19.7 Å². The number of nitrogens with one attached hydrogen (secondary N) is 2. The van der Waals surface area contributed by atoms with Crippen molar-refractivity contribution in [2.45, 2.75) is 32.7 Å². The molecule has 7 nitrogen and oxygen atoms in total. The fraction of sp³-hybridized carbons (Fsp3) is 0.348. The number of ether oxygens (including phenoxy) is 2. The van der Waals surface area contributed by atoms with E-state index in [1.54, 1.807) is 19.2 Å². The normalized spacial score (nSPS) is 14.5. The quantitative estimate of drug-likeness (QED) is 0.650. The van der Waals surface area contributed by atoms with E-state index in [0.717, 1.165) is 29.7 Å². The lowest BCUT2D eigenvalue weighted by Gasteiger charge is -2.23. The van der Waals surface area contributed by atoms with Gasteiger partial charge in [0.25, 0.3) is 5.91 Å². The van der Waals surface area contributed by atoms with Gasteiger partial charge in [-0.05, 0) is 56.0 Å². The predicted octanol–water partition coefficient (Wildman–Crippen LogP) is 3.81. The average molecular weight is 424 g/mol. The van der Waals surface area contributed by atoms with Crippen LogP contribution in [0.2, 0.25) is 0 Å². The lowest BCUT2D eigenvalue weighted by molar-refractivity contribution is 0.0697. The standard InChI is InChI=1S/C23H25FN4O3/c1-13-10-14(2)26-23(30-3)20(13)15-4-5-17(19(24)11-15)21-18(12-25-28-21)22(29)27-16-6-8-31-9-7-16/h4-5,10-12,16H,6-9H2,1-3H3,(H,25,28)(H,27,29). The Labute approximate surface area is 180 Å². The summed E-state index contributed by atoms with van der Waals surface area (Å²) in [7, 11) is 1.55. The van der Waals surface area contributed by atoms with Gasteiger partial charge in [0.2, 0.25) is 5.88 Å². The van der Waals surface area contributed by atoms with Crippen molar-refractivity contribution in [2.75, 3.05) is 20.3 Å². The molecule has 3 aromatic rings. The van der Waals surface area contributed by atoms with Crippen LogP contribution < -0.4 is 10.1 Å². The lowest BCUT2D eigenvalue weighted by atomic mass is 9.98. The van der Waals surface area contributed by atoms with Crippen LogP contribution in [0.25, 0.3) is 22.4 Å². The number of aromatic amines is 1. The highest BCUT2D eigenvalue weighted by molar-refractivity contribution is 6.00. The molecule has 31 heavy (non-hydrogen) atoms.